The summed E-state index contributed by atoms with van der Waals surface area (Å²) in [6, 6.07) is 0. The van der Waals surface area contributed by atoms with Gasteiger partial charge in [0, 0.05) is 0 Å². The van der Waals surface area contributed by atoms with Gasteiger partial charge < -0.3 is 0 Å². The second-order valence-corrected chi connectivity index (χ2v) is 2.72. The van der Waals surface area contributed by atoms with E-state index in [-0.39, 0.29) is 4.67 Å². The van der Waals surface area contributed by atoms with Gasteiger partial charge in [-0.05, 0) is 0 Å². The standard InChI is InChI=1S/C5H6FN3Se/c6-5(9-4(7)10)2-1-3-8-5/h1-3H,(H3,7,9,10). The van der Waals surface area contributed by atoms with Crippen molar-refractivity contribution in [2.24, 2.45) is 10.7 Å². The van der Waals surface area contributed by atoms with Crippen molar-refractivity contribution in [2.75, 3.05) is 0 Å². The van der Waals surface area contributed by atoms with Gasteiger partial charge in [0.15, 0.2) is 0 Å². The zero-order valence-corrected chi connectivity index (χ0v) is 6.76. The van der Waals surface area contributed by atoms with E-state index in [9.17, 15) is 4.39 Å². The molecule has 3 nitrogen and oxygen atoms in total. The molecular formula is C5H6FN3Se. The van der Waals surface area contributed by atoms with Crippen LogP contribution in [0.15, 0.2) is 17.1 Å². The number of nitrogens with zero attached hydrogens (tertiary/aromatic N) is 1. The van der Waals surface area contributed by atoms with Crippen molar-refractivity contribution in [1.29, 1.82) is 0 Å². The predicted molar refractivity (Wildman–Crippen MR) is 39.6 cm³/mol. The summed E-state index contributed by atoms with van der Waals surface area (Å²) in [5.41, 5.74) is 5.16. The van der Waals surface area contributed by atoms with Crippen LogP contribution in [-0.2, 0) is 0 Å². The zero-order chi connectivity index (χ0) is 7.61. The van der Waals surface area contributed by atoms with E-state index in [0.29, 0.717) is 0 Å². The molecule has 54 valence electrons. The van der Waals surface area contributed by atoms with Crippen molar-refractivity contribution in [3.8, 4) is 0 Å². The number of halogens is 1. The zero-order valence-electron chi connectivity index (χ0n) is 5.04. The van der Waals surface area contributed by atoms with Gasteiger partial charge in [-0.3, -0.25) is 0 Å². The molecule has 0 aromatic carbocycles. The van der Waals surface area contributed by atoms with Gasteiger partial charge in [-0.15, -0.1) is 0 Å². The summed E-state index contributed by atoms with van der Waals surface area (Å²) in [7, 11) is 0. The molecule has 1 unspecified atom stereocenters. The number of aliphatic imine (C=N–C) groups is 1. The van der Waals surface area contributed by atoms with Gasteiger partial charge in [-0.2, -0.15) is 0 Å². The van der Waals surface area contributed by atoms with Crippen LogP contribution in [0.2, 0.25) is 0 Å². The van der Waals surface area contributed by atoms with E-state index in [1.807, 2.05) is 0 Å². The molecule has 1 aliphatic rings. The predicted octanol–water partition coefficient (Wildman–Crippen LogP) is -0.946. The van der Waals surface area contributed by atoms with Crippen molar-refractivity contribution in [2.45, 2.75) is 5.92 Å². The van der Waals surface area contributed by atoms with Gasteiger partial charge in [0.2, 0.25) is 0 Å². The Hall–Kier alpha value is -0.671. The Labute approximate surface area is 65.6 Å². The van der Waals surface area contributed by atoms with Crippen LogP contribution >= 0.6 is 0 Å². The number of allylic oxidation sites excluding steroid dienone is 1. The van der Waals surface area contributed by atoms with E-state index in [0.717, 1.165) is 0 Å². The van der Waals surface area contributed by atoms with E-state index in [2.05, 4.69) is 25.9 Å². The van der Waals surface area contributed by atoms with Crippen LogP contribution in [0.4, 0.5) is 4.39 Å². The van der Waals surface area contributed by atoms with Crippen LogP contribution in [-0.4, -0.2) is 32.4 Å². The molecule has 5 heteroatoms. The Bertz CT molecular complexity index is 199. The van der Waals surface area contributed by atoms with Crippen molar-refractivity contribution < 1.29 is 4.39 Å². The van der Waals surface area contributed by atoms with Crippen LogP contribution in [0.25, 0.3) is 0 Å². The maximum atomic E-state index is 13.0. The molecule has 0 bridgehead atoms. The van der Waals surface area contributed by atoms with Gasteiger partial charge in [0.1, 0.15) is 0 Å². The minimum absolute atomic E-state index is 0.186. The number of rotatable bonds is 2. The average molecular weight is 206 g/mol. The summed E-state index contributed by atoms with van der Waals surface area (Å²) in [5, 5.41) is 2.31. The fourth-order valence-electron chi connectivity index (χ4n) is 0.612. The minimum atomic E-state index is -1.84. The quantitative estimate of drug-likeness (QED) is 0.452. The van der Waals surface area contributed by atoms with Crippen LogP contribution < -0.4 is 11.1 Å². The average Bonchev–Trinajstić information content (AvgIpc) is 2.12. The molecule has 0 aromatic rings. The van der Waals surface area contributed by atoms with Crippen molar-refractivity contribution in [3.05, 3.63) is 12.2 Å². The van der Waals surface area contributed by atoms with Gasteiger partial charge in [-0.1, -0.05) is 0 Å². The summed E-state index contributed by atoms with van der Waals surface area (Å²) in [4.78, 5) is 3.47. The molecule has 0 saturated carbocycles. The Morgan fingerprint density at radius 1 is 1.80 bits per heavy atom. The summed E-state index contributed by atoms with van der Waals surface area (Å²) in [6.07, 6.45) is 4.16. The number of hydrogen-bond acceptors (Lipinski definition) is 3. The first-order valence-electron chi connectivity index (χ1n) is 2.62. The first-order valence-corrected chi connectivity index (χ1v) is 3.48. The van der Waals surface area contributed by atoms with Crippen LogP contribution in [0.3, 0.4) is 0 Å². The molecule has 1 rings (SSSR count). The maximum absolute atomic E-state index is 13.0. The summed E-state index contributed by atoms with van der Waals surface area (Å²) >= 11 is 2.43. The third-order valence-electron chi connectivity index (χ3n) is 0.964. The Balaban J connectivity index is 2.62. The third-order valence-corrected chi connectivity index (χ3v) is 1.18. The Morgan fingerprint density at radius 2 is 2.50 bits per heavy atom. The molecule has 10 heavy (non-hydrogen) atoms. The Kier molecular flexibility index (Phi) is 1.87. The molecule has 1 atom stereocenters. The van der Waals surface area contributed by atoms with Gasteiger partial charge in [0.05, 0.1) is 0 Å². The van der Waals surface area contributed by atoms with Crippen LogP contribution in [0.5, 0.6) is 0 Å². The molecule has 0 spiro atoms. The normalized spacial score (nSPS) is 28.9. The molecule has 3 N–H and O–H groups in total. The molecule has 0 saturated heterocycles. The molecule has 1 aliphatic heterocycles. The fourth-order valence-corrected chi connectivity index (χ4v) is 0.912. The second kappa shape index (κ2) is 2.52. The topological polar surface area (TPSA) is 50.4 Å². The SMILES string of the molecule is NC(=[Se])NC1(F)C=CC=N1. The van der Waals surface area contributed by atoms with Crippen LogP contribution in [0, 0.1) is 0 Å². The monoisotopic (exact) mass is 207 g/mol. The molecule has 0 aliphatic carbocycles. The molecule has 0 aromatic heterocycles. The summed E-state index contributed by atoms with van der Waals surface area (Å²) in [5.74, 6) is -1.84. The molecule has 1 heterocycles. The van der Waals surface area contributed by atoms with Crippen molar-refractivity contribution in [1.82, 2.24) is 5.32 Å². The van der Waals surface area contributed by atoms with Gasteiger partial charge in [0.25, 0.3) is 0 Å². The van der Waals surface area contributed by atoms with Crippen molar-refractivity contribution >= 4 is 26.5 Å². The number of nitrogens with one attached hydrogen (secondary N) is 1. The number of nitrogens with two attached hydrogens (primary N) is 1. The summed E-state index contributed by atoms with van der Waals surface area (Å²) < 4.78 is 13.2. The van der Waals surface area contributed by atoms with Crippen molar-refractivity contribution in [3.63, 3.8) is 0 Å². The number of alkyl halides is 1. The first kappa shape index (κ1) is 7.44. The van der Waals surface area contributed by atoms with E-state index in [1.54, 1.807) is 0 Å². The van der Waals surface area contributed by atoms with Crippen LogP contribution in [0.1, 0.15) is 0 Å². The molecule has 0 fully saturated rings. The second-order valence-electron chi connectivity index (χ2n) is 1.80. The molecule has 0 amide bonds. The van der Waals surface area contributed by atoms with Gasteiger partial charge >= 0.3 is 65.0 Å². The fraction of sp³-hybridized carbons (Fsp3) is 0.200. The van der Waals surface area contributed by atoms with E-state index < -0.39 is 5.92 Å². The Morgan fingerprint density at radius 3 is 2.90 bits per heavy atom. The van der Waals surface area contributed by atoms with E-state index in [4.69, 9.17) is 5.73 Å². The van der Waals surface area contributed by atoms with E-state index >= 15 is 0 Å². The van der Waals surface area contributed by atoms with E-state index in [1.165, 1.54) is 18.4 Å². The first-order chi connectivity index (χ1) is 4.62. The molecular weight excluding hydrogens is 200 g/mol. The van der Waals surface area contributed by atoms with Gasteiger partial charge in [-0.25, -0.2) is 0 Å². The summed E-state index contributed by atoms with van der Waals surface area (Å²) in [6.45, 7) is 0. The number of hydrogen-bond donors (Lipinski definition) is 2. The third kappa shape index (κ3) is 1.65. The molecule has 0 radical (unpaired) electrons.